The number of fused-ring (bicyclic) bond motifs is 1. The van der Waals surface area contributed by atoms with Gasteiger partial charge in [0.05, 0.1) is 6.61 Å². The quantitative estimate of drug-likeness (QED) is 0.887. The molecule has 1 saturated heterocycles. The van der Waals surface area contributed by atoms with Gasteiger partial charge in [0.1, 0.15) is 5.75 Å². The topological polar surface area (TPSA) is 21.3 Å². The predicted molar refractivity (Wildman–Crippen MR) is 86.8 cm³/mol. The van der Waals surface area contributed by atoms with Gasteiger partial charge in [0.15, 0.2) is 0 Å². The molecule has 0 radical (unpaired) electrons. The molecule has 0 aromatic heterocycles. The van der Waals surface area contributed by atoms with E-state index in [0.717, 1.165) is 31.7 Å². The summed E-state index contributed by atoms with van der Waals surface area (Å²) >= 11 is 2.13. The second kappa shape index (κ2) is 5.98. The van der Waals surface area contributed by atoms with Crippen molar-refractivity contribution in [3.63, 3.8) is 0 Å². The highest BCUT2D eigenvalue weighted by atomic mass is 32.2. The molecule has 0 amide bonds. The number of thioether (sulfide) groups is 1. The van der Waals surface area contributed by atoms with Crippen molar-refractivity contribution in [2.75, 3.05) is 18.9 Å². The fourth-order valence-electron chi connectivity index (χ4n) is 3.24. The normalized spacial score (nSPS) is 26.3. The smallest absolute Gasteiger partial charge is 0.122 e. The minimum absolute atomic E-state index is 0.438. The summed E-state index contributed by atoms with van der Waals surface area (Å²) in [5, 5.41) is 3.80. The molecular weight excluding hydrogens is 266 g/mol. The molecule has 2 aliphatic heterocycles. The molecular formula is C17H25NOS. The highest BCUT2D eigenvalue weighted by Crippen LogP contribution is 2.38. The number of hydrogen-bond donors (Lipinski definition) is 1. The molecule has 0 saturated carbocycles. The third-order valence-corrected chi connectivity index (χ3v) is 6.09. The predicted octanol–water partition coefficient (Wildman–Crippen LogP) is 3.95. The van der Waals surface area contributed by atoms with E-state index in [9.17, 15) is 0 Å². The Labute approximate surface area is 126 Å². The van der Waals surface area contributed by atoms with Gasteiger partial charge in [-0.05, 0) is 49.1 Å². The number of rotatable bonds is 5. The Morgan fingerprint density at radius 2 is 2.35 bits per heavy atom. The summed E-state index contributed by atoms with van der Waals surface area (Å²) in [5.41, 5.74) is 2.80. The first kappa shape index (κ1) is 14.3. The summed E-state index contributed by atoms with van der Waals surface area (Å²) in [6.45, 7) is 6.63. The lowest BCUT2D eigenvalue weighted by Gasteiger charge is -2.27. The highest BCUT2D eigenvalue weighted by Gasteiger charge is 2.30. The molecule has 2 aliphatic rings. The van der Waals surface area contributed by atoms with Gasteiger partial charge < -0.3 is 10.1 Å². The van der Waals surface area contributed by atoms with Crippen molar-refractivity contribution in [3.05, 3.63) is 29.3 Å². The summed E-state index contributed by atoms with van der Waals surface area (Å²) in [4.78, 5) is 0. The van der Waals surface area contributed by atoms with Crippen LogP contribution in [0.25, 0.3) is 0 Å². The molecule has 0 spiro atoms. The van der Waals surface area contributed by atoms with Crippen molar-refractivity contribution in [2.24, 2.45) is 0 Å². The molecule has 1 fully saturated rings. The van der Waals surface area contributed by atoms with Crippen molar-refractivity contribution in [2.45, 2.75) is 50.3 Å². The Balaban J connectivity index is 1.67. The molecule has 1 aromatic rings. The summed E-state index contributed by atoms with van der Waals surface area (Å²) < 4.78 is 6.04. The molecule has 2 heterocycles. The second-order valence-corrected chi connectivity index (χ2v) is 7.89. The highest BCUT2D eigenvalue weighted by molar-refractivity contribution is 8.00. The van der Waals surface area contributed by atoms with Gasteiger partial charge in [-0.2, -0.15) is 11.8 Å². The number of benzene rings is 1. The van der Waals surface area contributed by atoms with E-state index in [1.807, 2.05) is 0 Å². The van der Waals surface area contributed by atoms with Crippen LogP contribution in [-0.4, -0.2) is 23.7 Å². The number of hydrogen-bond acceptors (Lipinski definition) is 3. The standard InChI is InChI=1S/C17H25NOS/c1-3-15(18-12-17(2)8-4-10-20-17)13-5-6-16-14(11-13)7-9-19-16/h5-6,11,15,18H,3-4,7-10,12H2,1-2H3. The average molecular weight is 291 g/mol. The maximum absolute atomic E-state index is 5.60. The van der Waals surface area contributed by atoms with Gasteiger partial charge in [-0.15, -0.1) is 0 Å². The second-order valence-electron chi connectivity index (χ2n) is 6.21. The fraction of sp³-hybridized carbons (Fsp3) is 0.647. The molecule has 1 aromatic carbocycles. The van der Waals surface area contributed by atoms with Crippen molar-refractivity contribution >= 4 is 11.8 Å². The first-order valence-corrected chi connectivity index (χ1v) is 8.82. The van der Waals surface area contributed by atoms with Crippen LogP contribution in [-0.2, 0) is 6.42 Å². The van der Waals surface area contributed by atoms with Crippen LogP contribution >= 0.6 is 11.8 Å². The maximum Gasteiger partial charge on any atom is 0.122 e. The van der Waals surface area contributed by atoms with Crippen LogP contribution in [0, 0.1) is 0 Å². The van der Waals surface area contributed by atoms with Gasteiger partial charge >= 0.3 is 0 Å². The number of ether oxygens (including phenoxy) is 1. The van der Waals surface area contributed by atoms with Crippen LogP contribution in [0.15, 0.2) is 18.2 Å². The molecule has 2 unspecified atom stereocenters. The van der Waals surface area contributed by atoms with Crippen molar-refractivity contribution in [1.29, 1.82) is 0 Å². The van der Waals surface area contributed by atoms with Crippen LogP contribution < -0.4 is 10.1 Å². The Kier molecular flexibility index (Phi) is 4.27. The van der Waals surface area contributed by atoms with Gasteiger partial charge in [0.25, 0.3) is 0 Å². The molecule has 110 valence electrons. The van der Waals surface area contributed by atoms with E-state index in [1.54, 1.807) is 0 Å². The van der Waals surface area contributed by atoms with Crippen LogP contribution in [0.3, 0.4) is 0 Å². The van der Waals surface area contributed by atoms with Gasteiger partial charge in [-0.3, -0.25) is 0 Å². The van der Waals surface area contributed by atoms with Gasteiger partial charge in [0, 0.05) is 23.8 Å². The van der Waals surface area contributed by atoms with Crippen molar-refractivity contribution in [1.82, 2.24) is 5.32 Å². The summed E-state index contributed by atoms with van der Waals surface area (Å²) in [6, 6.07) is 7.19. The molecule has 2 nitrogen and oxygen atoms in total. The maximum atomic E-state index is 5.60. The van der Waals surface area contributed by atoms with Gasteiger partial charge in [0.2, 0.25) is 0 Å². The summed E-state index contributed by atoms with van der Waals surface area (Å²) in [6.07, 6.45) is 4.92. The lowest BCUT2D eigenvalue weighted by Crippen LogP contribution is -2.35. The minimum atomic E-state index is 0.438. The first-order chi connectivity index (χ1) is 9.70. The molecule has 0 aliphatic carbocycles. The van der Waals surface area contributed by atoms with E-state index in [0.29, 0.717) is 10.8 Å². The molecule has 3 heteroatoms. The molecule has 2 atom stereocenters. The molecule has 0 bridgehead atoms. The third kappa shape index (κ3) is 2.99. The van der Waals surface area contributed by atoms with Gasteiger partial charge in [-0.25, -0.2) is 0 Å². The zero-order chi connectivity index (χ0) is 14.0. The van der Waals surface area contributed by atoms with E-state index in [4.69, 9.17) is 4.74 Å². The van der Waals surface area contributed by atoms with E-state index in [1.165, 1.54) is 29.7 Å². The fourth-order valence-corrected chi connectivity index (χ4v) is 4.49. The van der Waals surface area contributed by atoms with E-state index >= 15 is 0 Å². The van der Waals surface area contributed by atoms with Crippen LogP contribution in [0.5, 0.6) is 5.75 Å². The molecule has 3 rings (SSSR count). The molecule has 1 N–H and O–H groups in total. The monoisotopic (exact) mass is 291 g/mol. The average Bonchev–Trinajstić information content (AvgIpc) is 3.08. The number of nitrogens with one attached hydrogen (secondary N) is 1. The van der Waals surface area contributed by atoms with Crippen molar-refractivity contribution < 1.29 is 4.74 Å². The summed E-state index contributed by atoms with van der Waals surface area (Å²) in [7, 11) is 0. The summed E-state index contributed by atoms with van der Waals surface area (Å²) in [5.74, 6) is 2.41. The van der Waals surface area contributed by atoms with Crippen molar-refractivity contribution in [3.8, 4) is 5.75 Å². The Hall–Kier alpha value is -0.670. The van der Waals surface area contributed by atoms with Crippen LogP contribution in [0.4, 0.5) is 0 Å². The van der Waals surface area contributed by atoms with Crippen LogP contribution in [0.2, 0.25) is 0 Å². The zero-order valence-corrected chi connectivity index (χ0v) is 13.4. The van der Waals surface area contributed by atoms with E-state index in [2.05, 4.69) is 49.1 Å². The van der Waals surface area contributed by atoms with Gasteiger partial charge in [-0.1, -0.05) is 19.1 Å². The Bertz CT molecular complexity index is 468. The Morgan fingerprint density at radius 3 is 3.10 bits per heavy atom. The molecule has 20 heavy (non-hydrogen) atoms. The van der Waals surface area contributed by atoms with E-state index in [-0.39, 0.29) is 0 Å². The first-order valence-electron chi connectivity index (χ1n) is 7.83. The SMILES string of the molecule is CCC(NCC1(C)CCCS1)c1ccc2c(c1)CCO2. The third-order valence-electron chi connectivity index (χ3n) is 4.55. The zero-order valence-electron chi connectivity index (χ0n) is 12.6. The Morgan fingerprint density at radius 1 is 1.45 bits per heavy atom. The van der Waals surface area contributed by atoms with E-state index < -0.39 is 0 Å². The lowest BCUT2D eigenvalue weighted by molar-refractivity contribution is 0.356. The largest absolute Gasteiger partial charge is 0.493 e. The van der Waals surface area contributed by atoms with Crippen LogP contribution in [0.1, 0.15) is 50.3 Å². The lowest BCUT2D eigenvalue weighted by atomic mass is 9.99. The minimum Gasteiger partial charge on any atom is -0.493 e.